The van der Waals surface area contributed by atoms with Crippen molar-refractivity contribution in [3.8, 4) is 0 Å². The third-order valence-electron chi connectivity index (χ3n) is 4.33. The predicted octanol–water partition coefficient (Wildman–Crippen LogP) is 2.46. The van der Waals surface area contributed by atoms with Crippen molar-refractivity contribution in [3.63, 3.8) is 0 Å². The summed E-state index contributed by atoms with van der Waals surface area (Å²) in [6, 6.07) is 8.42. The third kappa shape index (κ3) is 5.18. The molecule has 0 spiro atoms. The fraction of sp³-hybridized carbons (Fsp3) is 0.444. The Morgan fingerprint density at radius 2 is 2.24 bits per heavy atom. The number of rotatable bonds is 4. The molecule has 1 aliphatic rings. The van der Waals surface area contributed by atoms with Crippen LogP contribution in [0.3, 0.4) is 0 Å². The second-order valence-corrected chi connectivity index (χ2v) is 5.94. The number of hydrogen-bond acceptors (Lipinski definition) is 3. The van der Waals surface area contributed by atoms with Gasteiger partial charge in [0.15, 0.2) is 5.96 Å². The van der Waals surface area contributed by atoms with Crippen molar-refractivity contribution in [1.29, 1.82) is 0 Å². The van der Waals surface area contributed by atoms with Crippen LogP contribution in [0.2, 0.25) is 0 Å². The van der Waals surface area contributed by atoms with Gasteiger partial charge in [-0.15, -0.1) is 24.0 Å². The molecule has 6 nitrogen and oxygen atoms in total. The van der Waals surface area contributed by atoms with Gasteiger partial charge in [-0.1, -0.05) is 24.3 Å². The maximum atomic E-state index is 6.00. The summed E-state index contributed by atoms with van der Waals surface area (Å²) in [5.74, 6) is 0.928. The average molecular weight is 455 g/mol. The van der Waals surface area contributed by atoms with Gasteiger partial charge in [-0.25, -0.2) is 4.98 Å². The Balaban J connectivity index is 0.00000225. The van der Waals surface area contributed by atoms with Crippen LogP contribution >= 0.6 is 24.0 Å². The molecule has 1 fully saturated rings. The number of halogens is 1. The Morgan fingerprint density at radius 3 is 2.96 bits per heavy atom. The van der Waals surface area contributed by atoms with Gasteiger partial charge in [0.25, 0.3) is 0 Å². The molecule has 7 heteroatoms. The Morgan fingerprint density at radius 1 is 1.40 bits per heavy atom. The Bertz CT molecular complexity index is 674. The van der Waals surface area contributed by atoms with E-state index in [1.165, 1.54) is 11.1 Å². The molecule has 0 aliphatic carbocycles. The zero-order chi connectivity index (χ0) is 16.8. The Labute approximate surface area is 166 Å². The first-order chi connectivity index (χ1) is 11.8. The summed E-state index contributed by atoms with van der Waals surface area (Å²) in [7, 11) is 1.83. The molecule has 1 unspecified atom stereocenters. The highest BCUT2D eigenvalue weighted by Crippen LogP contribution is 2.24. The number of hydrogen-bond donors (Lipinski definition) is 1. The number of ether oxygens (including phenoxy) is 1. The molecule has 1 saturated heterocycles. The minimum Gasteiger partial charge on any atom is -0.370 e. The molecule has 1 aromatic heterocycles. The van der Waals surface area contributed by atoms with E-state index in [-0.39, 0.29) is 30.1 Å². The van der Waals surface area contributed by atoms with Crippen LogP contribution in [0, 0.1) is 6.92 Å². The molecular weight excluding hydrogens is 429 g/mol. The van der Waals surface area contributed by atoms with E-state index in [4.69, 9.17) is 4.74 Å². The molecule has 0 amide bonds. The van der Waals surface area contributed by atoms with E-state index >= 15 is 0 Å². The van der Waals surface area contributed by atoms with E-state index in [2.05, 4.69) is 55.9 Å². The van der Waals surface area contributed by atoms with Crippen molar-refractivity contribution in [2.45, 2.75) is 19.6 Å². The van der Waals surface area contributed by atoms with Crippen LogP contribution in [0.5, 0.6) is 0 Å². The van der Waals surface area contributed by atoms with Crippen molar-refractivity contribution in [2.75, 3.05) is 33.3 Å². The molecule has 1 atom stereocenters. The van der Waals surface area contributed by atoms with Crippen molar-refractivity contribution < 1.29 is 4.74 Å². The molecule has 136 valence electrons. The van der Waals surface area contributed by atoms with Crippen LogP contribution in [0.1, 0.15) is 17.2 Å². The molecule has 2 heterocycles. The quantitative estimate of drug-likeness (QED) is 0.438. The molecule has 0 radical (unpaired) electrons. The Kier molecular flexibility index (Phi) is 7.70. The number of imidazole rings is 1. The van der Waals surface area contributed by atoms with Crippen LogP contribution in [0.15, 0.2) is 48.0 Å². The van der Waals surface area contributed by atoms with Crippen molar-refractivity contribution in [2.24, 2.45) is 4.99 Å². The van der Waals surface area contributed by atoms with Crippen molar-refractivity contribution >= 4 is 29.9 Å². The normalized spacial score (nSPS) is 17.9. The molecule has 0 bridgehead atoms. The lowest BCUT2D eigenvalue weighted by Crippen LogP contribution is -2.48. The summed E-state index contributed by atoms with van der Waals surface area (Å²) in [4.78, 5) is 10.8. The van der Waals surface area contributed by atoms with E-state index in [1.807, 2.05) is 19.6 Å². The number of aryl methyl sites for hydroxylation is 1. The van der Waals surface area contributed by atoms with E-state index in [1.54, 1.807) is 6.20 Å². The summed E-state index contributed by atoms with van der Waals surface area (Å²) >= 11 is 0. The minimum atomic E-state index is 0. The first-order valence-electron chi connectivity index (χ1n) is 8.36. The van der Waals surface area contributed by atoms with Crippen LogP contribution in [0.25, 0.3) is 0 Å². The minimum absolute atomic E-state index is 0. The number of guanidine groups is 1. The predicted molar refractivity (Wildman–Crippen MR) is 110 cm³/mol. The van der Waals surface area contributed by atoms with E-state index in [0.29, 0.717) is 6.61 Å². The second-order valence-electron chi connectivity index (χ2n) is 5.94. The zero-order valence-corrected chi connectivity index (χ0v) is 17.1. The molecule has 0 saturated carbocycles. The largest absolute Gasteiger partial charge is 0.370 e. The van der Waals surface area contributed by atoms with Crippen LogP contribution in [0.4, 0.5) is 0 Å². The second kappa shape index (κ2) is 9.76. The average Bonchev–Trinajstić information content (AvgIpc) is 3.13. The molecule has 1 N–H and O–H groups in total. The number of nitrogens with zero attached hydrogens (tertiary/aromatic N) is 4. The van der Waals surface area contributed by atoms with Crippen molar-refractivity contribution in [3.05, 3.63) is 54.1 Å². The van der Waals surface area contributed by atoms with Gasteiger partial charge in [0.2, 0.25) is 0 Å². The van der Waals surface area contributed by atoms with Gasteiger partial charge in [-0.2, -0.15) is 0 Å². The SMILES string of the molecule is CN=C(NCCn1ccnc1)N1CCOC(c2ccccc2C)C1.I. The maximum absolute atomic E-state index is 6.00. The lowest BCUT2D eigenvalue weighted by atomic mass is 10.0. The monoisotopic (exact) mass is 455 g/mol. The third-order valence-corrected chi connectivity index (χ3v) is 4.33. The van der Waals surface area contributed by atoms with Gasteiger partial charge < -0.3 is 19.5 Å². The van der Waals surface area contributed by atoms with Gasteiger partial charge in [0.05, 0.1) is 19.5 Å². The smallest absolute Gasteiger partial charge is 0.193 e. The van der Waals surface area contributed by atoms with Crippen LogP contribution in [-0.4, -0.2) is 53.7 Å². The molecule has 1 aromatic carbocycles. The highest BCUT2D eigenvalue weighted by molar-refractivity contribution is 14.0. The summed E-state index contributed by atoms with van der Waals surface area (Å²) in [6.45, 7) is 6.19. The van der Waals surface area contributed by atoms with E-state index in [9.17, 15) is 0 Å². The van der Waals surface area contributed by atoms with E-state index in [0.717, 1.165) is 32.1 Å². The molecule has 25 heavy (non-hydrogen) atoms. The zero-order valence-electron chi connectivity index (χ0n) is 14.8. The lowest BCUT2D eigenvalue weighted by Gasteiger charge is -2.35. The van der Waals surface area contributed by atoms with Gasteiger partial charge in [-0.05, 0) is 18.1 Å². The summed E-state index contributed by atoms with van der Waals surface area (Å²) < 4.78 is 8.05. The number of benzene rings is 1. The highest BCUT2D eigenvalue weighted by Gasteiger charge is 2.24. The number of nitrogens with one attached hydrogen (secondary N) is 1. The van der Waals surface area contributed by atoms with Gasteiger partial charge in [0.1, 0.15) is 6.10 Å². The van der Waals surface area contributed by atoms with Crippen molar-refractivity contribution in [1.82, 2.24) is 19.8 Å². The van der Waals surface area contributed by atoms with Gasteiger partial charge in [0, 0.05) is 39.1 Å². The molecule has 1 aliphatic heterocycles. The van der Waals surface area contributed by atoms with Gasteiger partial charge >= 0.3 is 0 Å². The number of morpholine rings is 1. The first-order valence-corrected chi connectivity index (χ1v) is 8.36. The van der Waals surface area contributed by atoms with Gasteiger partial charge in [-0.3, -0.25) is 4.99 Å². The summed E-state index contributed by atoms with van der Waals surface area (Å²) in [5, 5.41) is 3.44. The fourth-order valence-corrected chi connectivity index (χ4v) is 3.03. The lowest BCUT2D eigenvalue weighted by molar-refractivity contribution is -0.00831. The molecule has 2 aromatic rings. The summed E-state index contributed by atoms with van der Waals surface area (Å²) in [5.41, 5.74) is 2.53. The van der Waals surface area contributed by atoms with Crippen LogP contribution < -0.4 is 5.32 Å². The Hall–Kier alpha value is -1.61. The first kappa shape index (κ1) is 19.7. The van der Waals surface area contributed by atoms with Crippen LogP contribution in [-0.2, 0) is 11.3 Å². The topological polar surface area (TPSA) is 54.7 Å². The molecule has 3 rings (SSSR count). The fourth-order valence-electron chi connectivity index (χ4n) is 3.03. The summed E-state index contributed by atoms with van der Waals surface area (Å²) in [6.07, 6.45) is 5.68. The number of aromatic nitrogens is 2. The standard InChI is InChI=1S/C18H25N5O.HI/c1-15-5-3-4-6-16(15)17-13-23(11-12-24-17)18(19-2)21-8-10-22-9-7-20-14-22;/h3-7,9,14,17H,8,10-13H2,1-2H3,(H,19,21);1H. The molecular formula is C18H26IN5O. The maximum Gasteiger partial charge on any atom is 0.193 e. The number of aliphatic imine (C=N–C) groups is 1. The van der Waals surface area contributed by atoms with E-state index < -0.39 is 0 Å². The highest BCUT2D eigenvalue weighted by atomic mass is 127.